The second-order valence-electron chi connectivity index (χ2n) is 4.24. The molecule has 9 nitrogen and oxygen atoms in total. The molecular weight excluding hydrogens is 274 g/mol. The molecule has 0 aliphatic heterocycles. The smallest absolute Gasteiger partial charge is 0.323 e. The van der Waals surface area contributed by atoms with Crippen molar-refractivity contribution in [3.63, 3.8) is 0 Å². The zero-order valence-corrected chi connectivity index (χ0v) is 12.2. The number of ether oxygens (including phenoxy) is 1. The summed E-state index contributed by atoms with van der Waals surface area (Å²) in [6.45, 7) is 5.79. The fourth-order valence-corrected chi connectivity index (χ4v) is 1.44. The third kappa shape index (κ3) is 4.86. The van der Waals surface area contributed by atoms with Crippen LogP contribution in [0.1, 0.15) is 32.5 Å². The van der Waals surface area contributed by atoms with Crippen LogP contribution in [-0.2, 0) is 6.54 Å². The van der Waals surface area contributed by atoms with Crippen LogP contribution in [0.2, 0.25) is 0 Å². The molecule has 0 aliphatic carbocycles. The van der Waals surface area contributed by atoms with Crippen LogP contribution in [0.4, 0.5) is 11.9 Å². The van der Waals surface area contributed by atoms with E-state index in [1.807, 2.05) is 6.92 Å². The molecule has 0 spiro atoms. The Morgan fingerprint density at radius 3 is 2.57 bits per heavy atom. The molecule has 2 N–H and O–H groups in total. The van der Waals surface area contributed by atoms with Crippen molar-refractivity contribution >= 4 is 11.9 Å². The van der Waals surface area contributed by atoms with Gasteiger partial charge in [0.1, 0.15) is 0 Å². The summed E-state index contributed by atoms with van der Waals surface area (Å²) in [6.07, 6.45) is 3.13. The quantitative estimate of drug-likeness (QED) is 0.709. The first-order valence-electron chi connectivity index (χ1n) is 6.93. The van der Waals surface area contributed by atoms with Crippen LogP contribution < -0.4 is 15.4 Å². The molecule has 0 aromatic carbocycles. The van der Waals surface area contributed by atoms with Gasteiger partial charge in [0.05, 0.1) is 13.2 Å². The molecule has 9 heteroatoms. The van der Waals surface area contributed by atoms with Crippen LogP contribution in [-0.4, -0.2) is 38.2 Å². The van der Waals surface area contributed by atoms with Crippen LogP contribution in [0.25, 0.3) is 0 Å². The minimum atomic E-state index is 0.293. The topological polar surface area (TPSA) is 111 Å². The average Bonchev–Trinajstić information content (AvgIpc) is 3.02. The lowest BCUT2D eigenvalue weighted by Crippen LogP contribution is -2.12. The molecule has 0 fully saturated rings. The number of hydrogen-bond acceptors (Lipinski definition) is 9. The molecule has 0 saturated heterocycles. The van der Waals surface area contributed by atoms with Crippen molar-refractivity contribution in [2.75, 3.05) is 23.8 Å². The molecule has 2 heterocycles. The first-order chi connectivity index (χ1) is 10.3. The predicted molar refractivity (Wildman–Crippen MR) is 76.0 cm³/mol. The van der Waals surface area contributed by atoms with Crippen LogP contribution in [0.15, 0.2) is 10.9 Å². The maximum atomic E-state index is 5.46. The fourth-order valence-electron chi connectivity index (χ4n) is 1.44. The summed E-state index contributed by atoms with van der Waals surface area (Å²) < 4.78 is 10.1. The van der Waals surface area contributed by atoms with Gasteiger partial charge in [-0.3, -0.25) is 0 Å². The van der Waals surface area contributed by atoms with Gasteiger partial charge in [-0.25, -0.2) is 0 Å². The number of rotatable bonds is 9. The molecule has 0 amide bonds. The van der Waals surface area contributed by atoms with E-state index in [2.05, 4.69) is 47.2 Å². The molecule has 0 radical (unpaired) electrons. The Morgan fingerprint density at radius 2 is 1.90 bits per heavy atom. The maximum Gasteiger partial charge on any atom is 0.323 e. The second-order valence-corrected chi connectivity index (χ2v) is 4.24. The molecule has 114 valence electrons. The van der Waals surface area contributed by atoms with Gasteiger partial charge in [-0.15, -0.1) is 0 Å². The molecule has 0 aliphatic rings. The van der Waals surface area contributed by atoms with Gasteiger partial charge in [0, 0.05) is 6.54 Å². The monoisotopic (exact) mass is 293 g/mol. The van der Waals surface area contributed by atoms with Gasteiger partial charge in [-0.2, -0.15) is 19.9 Å². The van der Waals surface area contributed by atoms with Crippen LogP contribution >= 0.6 is 0 Å². The molecule has 21 heavy (non-hydrogen) atoms. The maximum absolute atomic E-state index is 5.46. The number of hydrogen-bond donors (Lipinski definition) is 2. The number of nitrogens with one attached hydrogen (secondary N) is 2. The molecule has 2 aromatic heterocycles. The van der Waals surface area contributed by atoms with Crippen molar-refractivity contribution in [2.24, 2.45) is 0 Å². The lowest BCUT2D eigenvalue weighted by Gasteiger charge is -2.09. The van der Waals surface area contributed by atoms with Crippen LogP contribution in [0, 0.1) is 0 Å². The number of anilines is 2. The summed E-state index contributed by atoms with van der Waals surface area (Å²) in [5, 5.41) is 9.83. The van der Waals surface area contributed by atoms with Crippen LogP contribution in [0.5, 0.6) is 6.01 Å². The summed E-state index contributed by atoms with van der Waals surface area (Å²) in [7, 11) is 0. The molecule has 0 unspecified atom stereocenters. The van der Waals surface area contributed by atoms with Gasteiger partial charge < -0.3 is 19.9 Å². The fraction of sp³-hybridized carbons (Fsp3) is 0.583. The molecular formula is C12H19N7O2. The Balaban J connectivity index is 2.05. The van der Waals surface area contributed by atoms with Crippen molar-refractivity contribution < 1.29 is 9.26 Å². The van der Waals surface area contributed by atoms with Crippen molar-refractivity contribution in [3.8, 4) is 6.01 Å². The predicted octanol–water partition coefficient (Wildman–Crippen LogP) is 1.48. The Hall–Kier alpha value is -2.45. The van der Waals surface area contributed by atoms with Gasteiger partial charge >= 0.3 is 6.01 Å². The van der Waals surface area contributed by atoms with Gasteiger partial charge in [0.15, 0.2) is 5.82 Å². The summed E-state index contributed by atoms with van der Waals surface area (Å²) in [5.41, 5.74) is 0. The Labute approximate surface area is 122 Å². The molecule has 0 atom stereocenters. The Kier molecular flexibility index (Phi) is 5.68. The van der Waals surface area contributed by atoms with E-state index >= 15 is 0 Å². The lowest BCUT2D eigenvalue weighted by molar-refractivity contribution is 0.292. The first kappa shape index (κ1) is 14.9. The SMILES string of the molecule is CCCNc1nc(NCc2ncon2)nc(OCCC)n1. The highest BCUT2D eigenvalue weighted by molar-refractivity contribution is 5.35. The Bertz CT molecular complexity index is 506. The number of nitrogens with zero attached hydrogens (tertiary/aromatic N) is 5. The van der Waals surface area contributed by atoms with Gasteiger partial charge in [-0.05, 0) is 12.8 Å². The normalized spacial score (nSPS) is 10.4. The summed E-state index contributed by atoms with van der Waals surface area (Å²) in [6, 6.07) is 0.293. The zero-order chi connectivity index (χ0) is 14.9. The van der Waals surface area contributed by atoms with Gasteiger partial charge in [0.25, 0.3) is 0 Å². The van der Waals surface area contributed by atoms with E-state index in [9.17, 15) is 0 Å². The van der Waals surface area contributed by atoms with E-state index in [0.717, 1.165) is 19.4 Å². The van der Waals surface area contributed by atoms with Gasteiger partial charge in [0.2, 0.25) is 18.3 Å². The molecule has 0 bridgehead atoms. The zero-order valence-electron chi connectivity index (χ0n) is 12.2. The van der Waals surface area contributed by atoms with E-state index < -0.39 is 0 Å². The van der Waals surface area contributed by atoms with Gasteiger partial charge in [-0.1, -0.05) is 19.0 Å². The standard InChI is InChI=1S/C12H19N7O2/c1-3-5-13-10-16-11(14-7-9-15-8-21-19-9)18-12(17-10)20-6-4-2/h8H,3-7H2,1-2H3,(H2,13,14,16,17,18). The Morgan fingerprint density at radius 1 is 1.10 bits per heavy atom. The van der Waals surface area contributed by atoms with E-state index in [1.54, 1.807) is 0 Å². The second kappa shape index (κ2) is 7.98. The average molecular weight is 293 g/mol. The largest absolute Gasteiger partial charge is 0.463 e. The third-order valence-corrected chi connectivity index (χ3v) is 2.39. The first-order valence-corrected chi connectivity index (χ1v) is 6.93. The minimum absolute atomic E-state index is 0.293. The van der Waals surface area contributed by atoms with Crippen molar-refractivity contribution in [1.29, 1.82) is 0 Å². The highest BCUT2D eigenvalue weighted by atomic mass is 16.5. The summed E-state index contributed by atoms with van der Waals surface area (Å²) >= 11 is 0. The third-order valence-electron chi connectivity index (χ3n) is 2.39. The molecule has 0 saturated carbocycles. The minimum Gasteiger partial charge on any atom is -0.463 e. The van der Waals surface area contributed by atoms with Crippen molar-refractivity contribution in [2.45, 2.75) is 33.2 Å². The molecule has 2 rings (SSSR count). The highest BCUT2D eigenvalue weighted by Crippen LogP contribution is 2.12. The molecule has 2 aromatic rings. The van der Waals surface area contributed by atoms with Crippen molar-refractivity contribution in [3.05, 3.63) is 12.2 Å². The number of aromatic nitrogens is 5. The summed E-state index contributed by atoms with van der Waals surface area (Å²) in [5.74, 6) is 1.41. The van der Waals surface area contributed by atoms with E-state index in [-0.39, 0.29) is 0 Å². The van der Waals surface area contributed by atoms with Crippen molar-refractivity contribution in [1.82, 2.24) is 25.1 Å². The van der Waals surface area contributed by atoms with E-state index in [0.29, 0.717) is 36.9 Å². The highest BCUT2D eigenvalue weighted by Gasteiger charge is 2.08. The summed E-state index contributed by atoms with van der Waals surface area (Å²) in [4.78, 5) is 16.6. The van der Waals surface area contributed by atoms with Crippen LogP contribution in [0.3, 0.4) is 0 Å². The van der Waals surface area contributed by atoms with E-state index in [4.69, 9.17) is 4.74 Å². The van der Waals surface area contributed by atoms with E-state index in [1.165, 1.54) is 6.39 Å². The lowest BCUT2D eigenvalue weighted by atomic mass is 10.5.